The van der Waals surface area contributed by atoms with E-state index in [0.717, 1.165) is 12.1 Å². The lowest BCUT2D eigenvalue weighted by Crippen LogP contribution is -2.43. The van der Waals surface area contributed by atoms with E-state index >= 15 is 0 Å². The molecule has 2 aromatic carbocycles. The van der Waals surface area contributed by atoms with Gasteiger partial charge in [-0.2, -0.15) is 0 Å². The van der Waals surface area contributed by atoms with Crippen molar-refractivity contribution in [2.24, 2.45) is 10.8 Å². The number of azide groups is 1. The van der Waals surface area contributed by atoms with Gasteiger partial charge in [0.2, 0.25) is 0 Å². The molecule has 1 amide bonds. The van der Waals surface area contributed by atoms with Crippen LogP contribution in [0.5, 0.6) is 5.75 Å². The maximum absolute atomic E-state index is 13.7. The quantitative estimate of drug-likeness (QED) is 0.249. The lowest BCUT2D eigenvalue weighted by atomic mass is 10.0. The standard InChI is InChI=1S/C20H21F2N5O3/c21-15-7-4-8-16(22)19(15)30-12-18(28)17(9-1-2-10-23)25-20(29)13-5-3-6-14(11-13)26-27-24/h3-8,11,17H,1-2,9-10,12,23H2,(H,25,29)/t17-/m0/s1. The molecule has 158 valence electrons. The highest BCUT2D eigenvalue weighted by molar-refractivity contribution is 5.98. The average molecular weight is 417 g/mol. The number of benzene rings is 2. The van der Waals surface area contributed by atoms with Crippen LogP contribution in [0.2, 0.25) is 0 Å². The first kappa shape index (κ1) is 22.8. The van der Waals surface area contributed by atoms with Crippen molar-refractivity contribution in [3.63, 3.8) is 0 Å². The number of para-hydroxylation sites is 1. The summed E-state index contributed by atoms with van der Waals surface area (Å²) in [5.41, 5.74) is 14.4. The molecule has 0 heterocycles. The Kier molecular flexibility index (Phi) is 8.74. The van der Waals surface area contributed by atoms with Crippen molar-refractivity contribution in [3.8, 4) is 5.75 Å². The predicted molar refractivity (Wildman–Crippen MR) is 106 cm³/mol. The van der Waals surface area contributed by atoms with Crippen LogP contribution in [-0.2, 0) is 4.79 Å². The Hall–Kier alpha value is -3.49. The van der Waals surface area contributed by atoms with Gasteiger partial charge in [0.05, 0.1) is 6.04 Å². The number of rotatable bonds is 11. The maximum Gasteiger partial charge on any atom is 0.251 e. The van der Waals surface area contributed by atoms with Crippen molar-refractivity contribution in [2.45, 2.75) is 25.3 Å². The van der Waals surface area contributed by atoms with Gasteiger partial charge in [0, 0.05) is 16.2 Å². The Labute approximate surface area is 171 Å². The number of halogens is 2. The van der Waals surface area contributed by atoms with Crippen LogP contribution < -0.4 is 15.8 Å². The topological polar surface area (TPSA) is 130 Å². The molecule has 0 aliphatic rings. The third-order valence-electron chi connectivity index (χ3n) is 4.19. The highest BCUT2D eigenvalue weighted by Gasteiger charge is 2.23. The van der Waals surface area contributed by atoms with Crippen LogP contribution in [0.4, 0.5) is 14.5 Å². The number of ketones is 1. The number of nitrogens with one attached hydrogen (secondary N) is 1. The number of hydrogen-bond acceptors (Lipinski definition) is 5. The number of carbonyl (C=O) groups is 2. The zero-order valence-electron chi connectivity index (χ0n) is 16.1. The third kappa shape index (κ3) is 6.54. The van der Waals surface area contributed by atoms with Gasteiger partial charge in [-0.1, -0.05) is 23.3 Å². The lowest BCUT2D eigenvalue weighted by molar-refractivity contribution is -0.123. The molecule has 3 N–H and O–H groups in total. The van der Waals surface area contributed by atoms with Crippen molar-refractivity contribution in [3.05, 3.63) is 70.1 Å². The van der Waals surface area contributed by atoms with Crippen LogP contribution >= 0.6 is 0 Å². The summed E-state index contributed by atoms with van der Waals surface area (Å²) in [5.74, 6) is -3.62. The molecule has 2 aromatic rings. The van der Waals surface area contributed by atoms with E-state index in [2.05, 4.69) is 15.3 Å². The Morgan fingerprint density at radius 3 is 2.53 bits per heavy atom. The average Bonchev–Trinajstić information content (AvgIpc) is 2.73. The minimum atomic E-state index is -0.943. The second-order valence-electron chi connectivity index (χ2n) is 6.36. The fourth-order valence-electron chi connectivity index (χ4n) is 2.67. The minimum absolute atomic E-state index is 0.192. The molecule has 0 spiro atoms. The van der Waals surface area contributed by atoms with Crippen LogP contribution in [0.15, 0.2) is 47.6 Å². The monoisotopic (exact) mass is 417 g/mol. The van der Waals surface area contributed by atoms with Gasteiger partial charge in [0.25, 0.3) is 5.91 Å². The largest absolute Gasteiger partial charge is 0.480 e. The number of nitrogens with two attached hydrogens (primary N) is 1. The molecular formula is C20H21F2N5O3. The van der Waals surface area contributed by atoms with Gasteiger partial charge in [-0.3, -0.25) is 9.59 Å². The molecular weight excluding hydrogens is 396 g/mol. The second-order valence-corrected chi connectivity index (χ2v) is 6.36. The predicted octanol–water partition coefficient (Wildman–Crippen LogP) is 3.78. The van der Waals surface area contributed by atoms with E-state index in [1.807, 2.05) is 0 Å². The zero-order valence-corrected chi connectivity index (χ0v) is 16.1. The summed E-state index contributed by atoms with van der Waals surface area (Å²) in [6, 6.07) is 8.20. The van der Waals surface area contributed by atoms with Crippen molar-refractivity contribution in [1.29, 1.82) is 0 Å². The number of ether oxygens (including phenoxy) is 1. The van der Waals surface area contributed by atoms with E-state index in [1.165, 1.54) is 30.3 Å². The highest BCUT2D eigenvalue weighted by Crippen LogP contribution is 2.21. The molecule has 0 aliphatic carbocycles. The summed E-state index contributed by atoms with van der Waals surface area (Å²) in [4.78, 5) is 27.8. The van der Waals surface area contributed by atoms with Gasteiger partial charge in [-0.25, -0.2) is 8.78 Å². The van der Waals surface area contributed by atoms with Crippen molar-refractivity contribution in [2.75, 3.05) is 13.2 Å². The van der Waals surface area contributed by atoms with Crippen molar-refractivity contribution < 1.29 is 23.1 Å². The molecule has 30 heavy (non-hydrogen) atoms. The van der Waals surface area contributed by atoms with Crippen molar-refractivity contribution in [1.82, 2.24) is 5.32 Å². The molecule has 2 rings (SSSR count). The molecule has 0 aromatic heterocycles. The minimum Gasteiger partial charge on any atom is -0.480 e. The van der Waals surface area contributed by atoms with E-state index in [4.69, 9.17) is 16.0 Å². The number of carbonyl (C=O) groups excluding carboxylic acids is 2. The molecule has 0 aliphatic heterocycles. The van der Waals surface area contributed by atoms with Crippen LogP contribution in [0.3, 0.4) is 0 Å². The first-order valence-electron chi connectivity index (χ1n) is 9.22. The Bertz CT molecular complexity index is 928. The van der Waals surface area contributed by atoms with E-state index in [9.17, 15) is 18.4 Å². The number of Topliss-reactive ketones (excluding diaryl/α,β-unsaturated/α-hetero) is 1. The first-order valence-corrected chi connectivity index (χ1v) is 9.22. The fraction of sp³-hybridized carbons (Fsp3) is 0.300. The molecule has 10 heteroatoms. The summed E-state index contributed by atoms with van der Waals surface area (Å²) < 4.78 is 32.4. The normalized spacial score (nSPS) is 11.3. The SMILES string of the molecule is [N-]=[N+]=Nc1cccc(C(=O)N[C@@H](CCCCN)C(=O)COc2c(F)cccc2F)c1. The van der Waals surface area contributed by atoms with E-state index in [1.54, 1.807) is 0 Å². The summed E-state index contributed by atoms with van der Waals surface area (Å²) in [7, 11) is 0. The second kappa shape index (κ2) is 11.5. The maximum atomic E-state index is 13.7. The number of amides is 1. The number of nitrogens with zero attached hydrogens (tertiary/aromatic N) is 3. The molecule has 0 saturated carbocycles. The van der Waals surface area contributed by atoms with Gasteiger partial charge < -0.3 is 15.8 Å². The molecule has 0 unspecified atom stereocenters. The number of unbranched alkanes of at least 4 members (excludes halogenated alkanes) is 1. The molecule has 0 radical (unpaired) electrons. The molecule has 0 saturated heterocycles. The molecule has 1 atom stereocenters. The molecule has 8 nitrogen and oxygen atoms in total. The third-order valence-corrected chi connectivity index (χ3v) is 4.19. The zero-order chi connectivity index (χ0) is 21.9. The van der Waals surface area contributed by atoms with E-state index < -0.39 is 41.7 Å². The summed E-state index contributed by atoms with van der Waals surface area (Å²) >= 11 is 0. The Morgan fingerprint density at radius 1 is 1.17 bits per heavy atom. The molecule has 0 fully saturated rings. The van der Waals surface area contributed by atoms with Crippen LogP contribution in [-0.4, -0.2) is 30.9 Å². The van der Waals surface area contributed by atoms with Gasteiger partial charge in [0.15, 0.2) is 23.2 Å². The van der Waals surface area contributed by atoms with Gasteiger partial charge >= 0.3 is 0 Å². The Morgan fingerprint density at radius 2 is 1.87 bits per heavy atom. The van der Waals surface area contributed by atoms with Crippen LogP contribution in [0, 0.1) is 11.6 Å². The highest BCUT2D eigenvalue weighted by atomic mass is 19.1. The van der Waals surface area contributed by atoms with Gasteiger partial charge in [0.1, 0.15) is 6.61 Å². The number of hydrogen-bond donors (Lipinski definition) is 2. The molecule has 0 bridgehead atoms. The van der Waals surface area contributed by atoms with Crippen molar-refractivity contribution >= 4 is 17.4 Å². The summed E-state index contributed by atoms with van der Waals surface area (Å²) in [6.07, 6.45) is 1.47. The summed E-state index contributed by atoms with van der Waals surface area (Å²) in [6.45, 7) is -0.204. The fourth-order valence-corrected chi connectivity index (χ4v) is 2.67. The summed E-state index contributed by atoms with van der Waals surface area (Å²) in [5, 5.41) is 6.03. The lowest BCUT2D eigenvalue weighted by Gasteiger charge is -2.18. The van der Waals surface area contributed by atoms with Gasteiger partial charge in [-0.05, 0) is 55.6 Å². The van der Waals surface area contributed by atoms with Crippen LogP contribution in [0.1, 0.15) is 29.6 Å². The first-order chi connectivity index (χ1) is 14.5. The smallest absolute Gasteiger partial charge is 0.251 e. The Balaban J connectivity index is 2.10. The van der Waals surface area contributed by atoms with Crippen LogP contribution in [0.25, 0.3) is 10.4 Å². The van der Waals surface area contributed by atoms with Gasteiger partial charge in [-0.15, -0.1) is 0 Å². The van der Waals surface area contributed by atoms with E-state index in [-0.39, 0.29) is 17.7 Å². The van der Waals surface area contributed by atoms with E-state index in [0.29, 0.717) is 19.4 Å².